The van der Waals surface area contributed by atoms with Gasteiger partial charge in [0.25, 0.3) is 0 Å². The van der Waals surface area contributed by atoms with Gasteiger partial charge in [0.2, 0.25) is 0 Å². The molecule has 4 atom stereocenters. The van der Waals surface area contributed by atoms with E-state index in [0.29, 0.717) is 11.3 Å². The molecule has 27 heavy (non-hydrogen) atoms. The van der Waals surface area contributed by atoms with Crippen LogP contribution in [0.4, 0.5) is 4.79 Å². The number of methoxy groups -OCH3 is 2. The van der Waals surface area contributed by atoms with Crippen molar-refractivity contribution >= 4 is 12.0 Å². The van der Waals surface area contributed by atoms with Crippen LogP contribution in [-0.4, -0.2) is 50.6 Å². The molecule has 2 saturated carbocycles. The normalized spacial score (nSPS) is 32.6. The second kappa shape index (κ2) is 9.06. The summed E-state index contributed by atoms with van der Waals surface area (Å²) in [5, 5.41) is 5.69. The van der Waals surface area contributed by atoms with E-state index >= 15 is 0 Å². The second-order valence-corrected chi connectivity index (χ2v) is 7.90. The zero-order chi connectivity index (χ0) is 19.4. The van der Waals surface area contributed by atoms with Crippen LogP contribution in [0.1, 0.15) is 58.3 Å². The van der Waals surface area contributed by atoms with Gasteiger partial charge in [0.1, 0.15) is 6.10 Å². The van der Waals surface area contributed by atoms with E-state index in [1.54, 1.807) is 21.1 Å². The molecule has 2 amide bonds. The molecule has 4 unspecified atom stereocenters. The number of rotatable bonds is 5. The summed E-state index contributed by atoms with van der Waals surface area (Å²) in [5.74, 6) is -0.198. The number of carbonyl (C=O) groups is 2. The Hall–Kier alpha value is -1.60. The lowest BCUT2D eigenvalue weighted by molar-refractivity contribution is -0.146. The molecule has 3 rings (SSSR count). The smallest absolute Gasteiger partial charge is 0.338 e. The van der Waals surface area contributed by atoms with E-state index in [1.165, 1.54) is 6.42 Å². The lowest BCUT2D eigenvalue weighted by Crippen LogP contribution is -2.55. The Morgan fingerprint density at radius 3 is 2.37 bits per heavy atom. The molecular formula is C20H32N2O5. The molecule has 2 aliphatic carbocycles. The van der Waals surface area contributed by atoms with E-state index in [1.807, 2.05) is 0 Å². The van der Waals surface area contributed by atoms with E-state index in [0.717, 1.165) is 44.9 Å². The number of hydrogen-bond acceptors (Lipinski definition) is 5. The van der Waals surface area contributed by atoms with Crippen LogP contribution in [0.3, 0.4) is 0 Å². The molecule has 0 radical (unpaired) electrons. The third kappa shape index (κ3) is 4.63. The van der Waals surface area contributed by atoms with Crippen LogP contribution in [0, 0.1) is 5.92 Å². The van der Waals surface area contributed by atoms with Gasteiger partial charge in [-0.05, 0) is 57.8 Å². The maximum absolute atomic E-state index is 13.0. The zero-order valence-electron chi connectivity index (χ0n) is 16.6. The maximum Gasteiger partial charge on any atom is 0.338 e. The molecule has 1 aliphatic heterocycles. The Kier molecular flexibility index (Phi) is 6.76. The predicted molar refractivity (Wildman–Crippen MR) is 100 cm³/mol. The first-order valence-corrected chi connectivity index (χ1v) is 10.1. The second-order valence-electron chi connectivity index (χ2n) is 7.90. The zero-order valence-corrected chi connectivity index (χ0v) is 16.6. The molecular weight excluding hydrogens is 348 g/mol. The highest BCUT2D eigenvalue weighted by Crippen LogP contribution is 2.35. The van der Waals surface area contributed by atoms with E-state index < -0.39 is 0 Å². The summed E-state index contributed by atoms with van der Waals surface area (Å²) in [7, 11) is 3.37. The fraction of sp³-hybridized carbons (Fsp3) is 0.800. The SMILES string of the molecule is COC1CCC(C2NC(=O)NC(C)=C2C(=O)OC2CCCCC2)CC1OC. The summed E-state index contributed by atoms with van der Waals surface area (Å²) >= 11 is 0. The minimum Gasteiger partial charge on any atom is -0.459 e. The molecule has 0 saturated heterocycles. The summed E-state index contributed by atoms with van der Waals surface area (Å²) < 4.78 is 16.9. The van der Waals surface area contributed by atoms with Crippen LogP contribution in [0.2, 0.25) is 0 Å². The van der Waals surface area contributed by atoms with Crippen molar-refractivity contribution in [2.75, 3.05) is 14.2 Å². The molecule has 0 aromatic carbocycles. The molecule has 152 valence electrons. The standard InChI is InChI=1S/C20H32N2O5/c1-12-17(19(23)27-14-7-5-4-6-8-14)18(22-20(24)21-12)13-9-10-15(25-2)16(11-13)26-3/h13-16,18H,4-11H2,1-3H3,(H2,21,22,24). The van der Waals surface area contributed by atoms with Crippen LogP contribution in [-0.2, 0) is 19.0 Å². The summed E-state index contributed by atoms with van der Waals surface area (Å²) in [6, 6.07) is -0.625. The Balaban J connectivity index is 1.76. The van der Waals surface area contributed by atoms with E-state index in [4.69, 9.17) is 14.2 Å². The Bertz CT molecular complexity index is 585. The first kappa shape index (κ1) is 20.1. The van der Waals surface area contributed by atoms with Crippen molar-refractivity contribution < 1.29 is 23.8 Å². The van der Waals surface area contributed by atoms with Gasteiger partial charge in [0.05, 0.1) is 23.8 Å². The Morgan fingerprint density at radius 2 is 1.70 bits per heavy atom. The van der Waals surface area contributed by atoms with Gasteiger partial charge in [0, 0.05) is 19.9 Å². The molecule has 7 nitrogen and oxygen atoms in total. The van der Waals surface area contributed by atoms with Crippen LogP contribution >= 0.6 is 0 Å². The predicted octanol–water partition coefficient (Wildman–Crippen LogP) is 2.65. The minimum absolute atomic E-state index is 0.0132. The van der Waals surface area contributed by atoms with E-state index in [2.05, 4.69) is 10.6 Å². The first-order valence-electron chi connectivity index (χ1n) is 10.1. The monoisotopic (exact) mass is 380 g/mol. The van der Waals surface area contributed by atoms with Crippen LogP contribution < -0.4 is 10.6 Å². The molecule has 0 bridgehead atoms. The van der Waals surface area contributed by atoms with Crippen LogP contribution in [0.25, 0.3) is 0 Å². The van der Waals surface area contributed by atoms with Crippen molar-refractivity contribution in [1.82, 2.24) is 10.6 Å². The van der Waals surface area contributed by atoms with Crippen LogP contribution in [0.5, 0.6) is 0 Å². The van der Waals surface area contributed by atoms with Gasteiger partial charge >= 0.3 is 12.0 Å². The van der Waals surface area contributed by atoms with Gasteiger partial charge < -0.3 is 24.8 Å². The Morgan fingerprint density at radius 1 is 1.00 bits per heavy atom. The highest BCUT2D eigenvalue weighted by Gasteiger charge is 2.41. The molecule has 3 aliphatic rings. The summed E-state index contributed by atoms with van der Waals surface area (Å²) in [6.07, 6.45) is 7.67. The van der Waals surface area contributed by atoms with Crippen molar-refractivity contribution in [3.8, 4) is 0 Å². The van der Waals surface area contributed by atoms with E-state index in [9.17, 15) is 9.59 Å². The number of hydrogen-bond donors (Lipinski definition) is 2. The topological polar surface area (TPSA) is 85.9 Å². The fourth-order valence-electron chi connectivity index (χ4n) is 4.70. The highest BCUT2D eigenvalue weighted by atomic mass is 16.5. The van der Waals surface area contributed by atoms with Crippen molar-refractivity contribution in [3.05, 3.63) is 11.3 Å². The van der Waals surface area contributed by atoms with Crippen LogP contribution in [0.15, 0.2) is 11.3 Å². The number of allylic oxidation sites excluding steroid dienone is 1. The average molecular weight is 380 g/mol. The lowest BCUT2D eigenvalue weighted by atomic mass is 9.77. The third-order valence-corrected chi connectivity index (χ3v) is 6.20. The van der Waals surface area contributed by atoms with Gasteiger partial charge in [-0.3, -0.25) is 0 Å². The maximum atomic E-state index is 13.0. The minimum atomic E-state index is -0.356. The fourth-order valence-corrected chi connectivity index (χ4v) is 4.70. The van der Waals surface area contributed by atoms with Gasteiger partial charge in [-0.25, -0.2) is 9.59 Å². The number of nitrogens with one attached hydrogen (secondary N) is 2. The van der Waals surface area contributed by atoms with Crippen molar-refractivity contribution in [1.29, 1.82) is 0 Å². The molecule has 0 spiro atoms. The number of amides is 2. The third-order valence-electron chi connectivity index (χ3n) is 6.20. The van der Waals surface area contributed by atoms with Gasteiger partial charge in [-0.2, -0.15) is 0 Å². The average Bonchev–Trinajstić information content (AvgIpc) is 2.67. The van der Waals surface area contributed by atoms with Gasteiger partial charge in [-0.1, -0.05) is 6.42 Å². The highest BCUT2D eigenvalue weighted by molar-refractivity contribution is 5.94. The quantitative estimate of drug-likeness (QED) is 0.716. The Labute approximate surface area is 161 Å². The molecule has 0 aromatic rings. The van der Waals surface area contributed by atoms with Crippen molar-refractivity contribution in [3.63, 3.8) is 0 Å². The number of urea groups is 1. The number of ether oxygens (including phenoxy) is 3. The first-order chi connectivity index (χ1) is 13.0. The summed E-state index contributed by atoms with van der Waals surface area (Å²) in [5.41, 5.74) is 1.14. The summed E-state index contributed by atoms with van der Waals surface area (Å²) in [4.78, 5) is 25.1. The van der Waals surface area contributed by atoms with E-state index in [-0.39, 0.29) is 42.3 Å². The number of esters is 1. The van der Waals surface area contributed by atoms with Crippen molar-refractivity contribution in [2.24, 2.45) is 5.92 Å². The summed E-state index contributed by atoms with van der Waals surface area (Å²) in [6.45, 7) is 1.78. The molecule has 2 fully saturated rings. The lowest BCUT2D eigenvalue weighted by Gasteiger charge is -2.40. The molecule has 1 heterocycles. The van der Waals surface area contributed by atoms with Gasteiger partial charge in [-0.15, -0.1) is 0 Å². The van der Waals surface area contributed by atoms with Crippen molar-refractivity contribution in [2.45, 2.75) is 82.6 Å². The molecule has 0 aromatic heterocycles. The molecule has 2 N–H and O–H groups in total. The molecule has 7 heteroatoms. The largest absolute Gasteiger partial charge is 0.459 e. The van der Waals surface area contributed by atoms with Gasteiger partial charge in [0.15, 0.2) is 0 Å². The number of carbonyl (C=O) groups excluding carboxylic acids is 2.